The quantitative estimate of drug-likeness (QED) is 0.518. The van der Waals surface area contributed by atoms with Gasteiger partial charge in [0.15, 0.2) is 0 Å². The van der Waals surface area contributed by atoms with E-state index in [1.54, 1.807) is 6.07 Å². The Morgan fingerprint density at radius 3 is 3.00 bits per heavy atom. The van der Waals surface area contributed by atoms with Crippen LogP contribution in [0.25, 0.3) is 0 Å². The molecule has 1 aromatic rings. The molecular weight excluding hydrogens is 166 g/mol. The number of halogens is 1. The van der Waals surface area contributed by atoms with Crippen LogP contribution >= 0.6 is 11.6 Å². The summed E-state index contributed by atoms with van der Waals surface area (Å²) in [5.41, 5.74) is 3.01. The SMILES string of the molecule is COc1cc(NN)c(Cl)cn1. The Kier molecular flexibility index (Phi) is 2.51. The van der Waals surface area contributed by atoms with Crippen molar-refractivity contribution < 1.29 is 4.74 Å². The summed E-state index contributed by atoms with van der Waals surface area (Å²) in [7, 11) is 1.52. The Morgan fingerprint density at radius 1 is 1.73 bits per heavy atom. The zero-order chi connectivity index (χ0) is 8.27. The second-order valence-corrected chi connectivity index (χ2v) is 2.26. The number of methoxy groups -OCH3 is 1. The number of ether oxygens (including phenoxy) is 1. The van der Waals surface area contributed by atoms with E-state index in [1.165, 1.54) is 13.3 Å². The van der Waals surface area contributed by atoms with Crippen LogP contribution in [0.2, 0.25) is 5.02 Å². The molecule has 1 heterocycles. The van der Waals surface area contributed by atoms with Crippen molar-refractivity contribution in [2.24, 2.45) is 5.84 Å². The Balaban J connectivity index is 3.02. The van der Waals surface area contributed by atoms with E-state index in [1.807, 2.05) is 0 Å². The number of nitrogen functional groups attached to an aromatic ring is 1. The molecule has 1 aromatic heterocycles. The summed E-state index contributed by atoms with van der Waals surface area (Å²) in [5, 5.41) is 0.466. The van der Waals surface area contributed by atoms with Crippen LogP contribution in [0.15, 0.2) is 12.3 Å². The van der Waals surface area contributed by atoms with E-state index in [-0.39, 0.29) is 0 Å². The van der Waals surface area contributed by atoms with Crippen molar-refractivity contribution in [3.05, 3.63) is 17.3 Å². The standard InChI is InChI=1S/C6H8ClN3O/c1-11-6-2-5(10-8)4(7)3-9-6/h2-3H,8H2,1H3,(H,9,10). The zero-order valence-corrected chi connectivity index (χ0v) is 6.72. The molecule has 0 aromatic carbocycles. The van der Waals surface area contributed by atoms with Gasteiger partial charge in [0.25, 0.3) is 0 Å². The van der Waals surface area contributed by atoms with Crippen molar-refractivity contribution in [2.45, 2.75) is 0 Å². The monoisotopic (exact) mass is 173 g/mol. The van der Waals surface area contributed by atoms with Crippen LogP contribution in [0.5, 0.6) is 5.88 Å². The molecule has 0 atom stereocenters. The van der Waals surface area contributed by atoms with E-state index in [4.69, 9.17) is 22.2 Å². The molecule has 60 valence electrons. The van der Waals surface area contributed by atoms with E-state index in [9.17, 15) is 0 Å². The van der Waals surface area contributed by atoms with E-state index in [2.05, 4.69) is 10.4 Å². The summed E-state index contributed by atoms with van der Waals surface area (Å²) >= 11 is 5.69. The fraction of sp³-hybridized carbons (Fsp3) is 0.167. The number of rotatable bonds is 2. The summed E-state index contributed by atoms with van der Waals surface area (Å²) in [6.45, 7) is 0. The molecule has 0 radical (unpaired) electrons. The number of pyridine rings is 1. The maximum absolute atomic E-state index is 5.69. The number of aromatic nitrogens is 1. The first-order chi connectivity index (χ1) is 5.27. The van der Waals surface area contributed by atoms with Crippen LogP contribution in [-0.4, -0.2) is 12.1 Å². The van der Waals surface area contributed by atoms with Gasteiger partial charge in [-0.3, -0.25) is 5.84 Å². The molecule has 0 aliphatic carbocycles. The van der Waals surface area contributed by atoms with Gasteiger partial charge in [0.2, 0.25) is 5.88 Å². The molecule has 0 amide bonds. The summed E-state index contributed by atoms with van der Waals surface area (Å²) in [5.74, 6) is 5.63. The first-order valence-electron chi connectivity index (χ1n) is 2.94. The molecule has 0 unspecified atom stereocenters. The minimum absolute atomic E-state index is 0.466. The van der Waals surface area contributed by atoms with Gasteiger partial charge in [-0.05, 0) is 0 Å². The van der Waals surface area contributed by atoms with E-state index < -0.39 is 0 Å². The second-order valence-electron chi connectivity index (χ2n) is 1.85. The molecular formula is C6H8ClN3O. The highest BCUT2D eigenvalue weighted by atomic mass is 35.5. The van der Waals surface area contributed by atoms with Gasteiger partial charge in [-0.25, -0.2) is 4.98 Å². The van der Waals surface area contributed by atoms with Crippen LogP contribution in [0.3, 0.4) is 0 Å². The third-order valence-corrected chi connectivity index (χ3v) is 1.50. The summed E-state index contributed by atoms with van der Waals surface area (Å²) in [6.07, 6.45) is 1.47. The number of anilines is 1. The molecule has 3 N–H and O–H groups in total. The first-order valence-corrected chi connectivity index (χ1v) is 3.32. The van der Waals surface area contributed by atoms with Gasteiger partial charge >= 0.3 is 0 Å². The normalized spacial score (nSPS) is 9.36. The molecule has 0 spiro atoms. The highest BCUT2D eigenvalue weighted by molar-refractivity contribution is 6.33. The fourth-order valence-corrected chi connectivity index (χ4v) is 0.800. The number of hydrogen-bond donors (Lipinski definition) is 2. The molecule has 0 bridgehead atoms. The average Bonchev–Trinajstić information content (AvgIpc) is 2.05. The predicted molar refractivity (Wildman–Crippen MR) is 43.6 cm³/mol. The van der Waals surface area contributed by atoms with E-state index >= 15 is 0 Å². The molecule has 0 fully saturated rings. The molecule has 1 rings (SSSR count). The van der Waals surface area contributed by atoms with Crippen LogP contribution in [-0.2, 0) is 0 Å². The summed E-state index contributed by atoms with van der Waals surface area (Å²) in [6, 6.07) is 1.61. The first kappa shape index (κ1) is 8.10. The topological polar surface area (TPSA) is 60.2 Å². The number of hydrazine groups is 1. The van der Waals surface area contributed by atoms with Gasteiger partial charge in [0, 0.05) is 6.07 Å². The average molecular weight is 174 g/mol. The largest absolute Gasteiger partial charge is 0.481 e. The Hall–Kier alpha value is -1.00. The van der Waals surface area contributed by atoms with Gasteiger partial charge in [0.05, 0.1) is 24.0 Å². The maximum Gasteiger partial charge on any atom is 0.215 e. The molecule has 5 heteroatoms. The maximum atomic E-state index is 5.69. The Bertz CT molecular complexity index is 254. The predicted octanol–water partition coefficient (Wildman–Crippen LogP) is 1.03. The zero-order valence-electron chi connectivity index (χ0n) is 5.97. The highest BCUT2D eigenvalue weighted by Gasteiger charge is 2.00. The van der Waals surface area contributed by atoms with E-state index in [0.29, 0.717) is 16.6 Å². The van der Waals surface area contributed by atoms with Crippen molar-refractivity contribution in [1.82, 2.24) is 4.98 Å². The minimum atomic E-state index is 0.466. The number of nitrogens with two attached hydrogens (primary N) is 1. The van der Waals surface area contributed by atoms with Crippen LogP contribution in [0.1, 0.15) is 0 Å². The Labute approximate surface area is 69.3 Å². The molecule has 0 saturated heterocycles. The lowest BCUT2D eigenvalue weighted by atomic mass is 10.4. The van der Waals surface area contributed by atoms with Crippen LogP contribution in [0.4, 0.5) is 5.69 Å². The van der Waals surface area contributed by atoms with Crippen molar-refractivity contribution in [3.63, 3.8) is 0 Å². The summed E-state index contributed by atoms with van der Waals surface area (Å²) in [4.78, 5) is 3.86. The van der Waals surface area contributed by atoms with Crippen LogP contribution < -0.4 is 16.0 Å². The van der Waals surface area contributed by atoms with Crippen molar-refractivity contribution in [3.8, 4) is 5.88 Å². The molecule has 0 saturated carbocycles. The van der Waals surface area contributed by atoms with Gasteiger partial charge in [-0.2, -0.15) is 0 Å². The third-order valence-electron chi connectivity index (χ3n) is 1.19. The highest BCUT2D eigenvalue weighted by Crippen LogP contribution is 2.22. The van der Waals surface area contributed by atoms with Gasteiger partial charge < -0.3 is 10.2 Å². The number of hydrogen-bond acceptors (Lipinski definition) is 4. The summed E-state index contributed by atoms with van der Waals surface area (Å²) < 4.78 is 4.85. The van der Waals surface area contributed by atoms with Gasteiger partial charge in [-0.1, -0.05) is 11.6 Å². The minimum Gasteiger partial charge on any atom is -0.481 e. The molecule has 0 aliphatic rings. The lowest BCUT2D eigenvalue weighted by Gasteiger charge is -2.03. The smallest absolute Gasteiger partial charge is 0.215 e. The van der Waals surface area contributed by atoms with Gasteiger partial charge in [0.1, 0.15) is 0 Å². The van der Waals surface area contributed by atoms with Gasteiger partial charge in [-0.15, -0.1) is 0 Å². The fourth-order valence-electron chi connectivity index (χ4n) is 0.642. The molecule has 11 heavy (non-hydrogen) atoms. The number of nitrogens with zero attached hydrogens (tertiary/aromatic N) is 1. The number of nitrogens with one attached hydrogen (secondary N) is 1. The van der Waals surface area contributed by atoms with E-state index in [0.717, 1.165) is 0 Å². The van der Waals surface area contributed by atoms with Crippen molar-refractivity contribution >= 4 is 17.3 Å². The third kappa shape index (κ3) is 1.72. The second kappa shape index (κ2) is 3.41. The Morgan fingerprint density at radius 2 is 2.45 bits per heavy atom. The molecule has 4 nitrogen and oxygen atoms in total. The van der Waals surface area contributed by atoms with Crippen molar-refractivity contribution in [1.29, 1.82) is 0 Å². The van der Waals surface area contributed by atoms with Crippen LogP contribution in [0, 0.1) is 0 Å². The lowest BCUT2D eigenvalue weighted by Crippen LogP contribution is -2.07. The lowest BCUT2D eigenvalue weighted by molar-refractivity contribution is 0.398. The van der Waals surface area contributed by atoms with Crippen molar-refractivity contribution in [2.75, 3.05) is 12.5 Å². The molecule has 0 aliphatic heterocycles.